The molecule has 0 spiro atoms. The molecule has 2 fully saturated rings. The molecule has 4 heterocycles. The summed E-state index contributed by atoms with van der Waals surface area (Å²) in [4.78, 5) is 26.1. The Morgan fingerprint density at radius 1 is 1.10 bits per heavy atom. The summed E-state index contributed by atoms with van der Waals surface area (Å²) in [5.41, 5.74) is 1.55. The Labute approximate surface area is 174 Å². The number of fused-ring (bicyclic) bond motifs is 1. The average Bonchev–Trinajstić information content (AvgIpc) is 3.17. The molecule has 30 heavy (non-hydrogen) atoms. The third-order valence-corrected chi connectivity index (χ3v) is 6.64. The normalized spacial score (nSPS) is 31.2. The number of aromatic nitrogens is 2. The molecular formula is C22H28N2O6. The molecule has 2 aromatic rings. The van der Waals surface area contributed by atoms with Crippen molar-refractivity contribution in [3.8, 4) is 0 Å². The van der Waals surface area contributed by atoms with E-state index in [1.807, 2.05) is 32.0 Å². The van der Waals surface area contributed by atoms with Crippen molar-refractivity contribution in [2.24, 2.45) is 0 Å². The van der Waals surface area contributed by atoms with Gasteiger partial charge in [-0.3, -0.25) is 14.2 Å². The van der Waals surface area contributed by atoms with Crippen molar-refractivity contribution in [3.05, 3.63) is 44.5 Å². The Balaban J connectivity index is 1.63. The monoisotopic (exact) mass is 416 g/mol. The number of benzene rings is 1. The minimum atomic E-state index is -0.761. The van der Waals surface area contributed by atoms with E-state index in [1.165, 1.54) is 4.57 Å². The molecule has 162 valence electrons. The summed E-state index contributed by atoms with van der Waals surface area (Å²) in [6, 6.07) is 5.89. The summed E-state index contributed by atoms with van der Waals surface area (Å²) in [5.74, 6) is -0.761. The van der Waals surface area contributed by atoms with Gasteiger partial charge in [0.15, 0.2) is 12.1 Å². The third-order valence-electron chi connectivity index (χ3n) is 6.64. The summed E-state index contributed by atoms with van der Waals surface area (Å²) in [5, 5.41) is 0. The first-order valence-corrected chi connectivity index (χ1v) is 10.4. The van der Waals surface area contributed by atoms with Gasteiger partial charge in [-0.2, -0.15) is 0 Å². The van der Waals surface area contributed by atoms with Crippen LogP contribution in [0.1, 0.15) is 39.7 Å². The van der Waals surface area contributed by atoms with E-state index in [0.717, 1.165) is 23.0 Å². The molecule has 5 rings (SSSR count). The molecule has 0 amide bonds. The highest BCUT2D eigenvalue weighted by Crippen LogP contribution is 2.40. The van der Waals surface area contributed by atoms with Gasteiger partial charge >= 0.3 is 11.1 Å². The van der Waals surface area contributed by atoms with Crippen LogP contribution in [0.2, 0.25) is 0 Å². The Bertz CT molecular complexity index is 1130. The number of rotatable bonds is 3. The Kier molecular flexibility index (Phi) is 4.32. The molecule has 3 aliphatic rings. The van der Waals surface area contributed by atoms with Gasteiger partial charge in [-0.15, -0.1) is 0 Å². The van der Waals surface area contributed by atoms with Gasteiger partial charge in [0.25, 0.3) is 0 Å². The Hall–Kier alpha value is -2.00. The number of methoxy groups -OCH3 is 1. The first-order chi connectivity index (χ1) is 14.1. The predicted molar refractivity (Wildman–Crippen MR) is 110 cm³/mol. The van der Waals surface area contributed by atoms with Gasteiger partial charge in [0.1, 0.15) is 18.3 Å². The zero-order valence-electron chi connectivity index (χ0n) is 18.0. The van der Waals surface area contributed by atoms with Crippen molar-refractivity contribution in [2.75, 3.05) is 7.11 Å². The molecule has 2 saturated heterocycles. The van der Waals surface area contributed by atoms with Gasteiger partial charge in [0, 0.05) is 13.7 Å². The first kappa shape index (κ1) is 19.9. The van der Waals surface area contributed by atoms with Crippen LogP contribution in [0.15, 0.2) is 27.8 Å². The molecular weight excluding hydrogens is 388 g/mol. The molecule has 1 aromatic carbocycles. The van der Waals surface area contributed by atoms with Crippen LogP contribution in [0.4, 0.5) is 0 Å². The van der Waals surface area contributed by atoms with Crippen LogP contribution in [0, 0.1) is 0 Å². The van der Waals surface area contributed by atoms with Crippen molar-refractivity contribution < 1.29 is 18.9 Å². The molecule has 0 aliphatic carbocycles. The number of hydrogen-bond donors (Lipinski definition) is 0. The molecule has 0 N–H and O–H groups in total. The van der Waals surface area contributed by atoms with Crippen LogP contribution in [0.3, 0.4) is 0 Å². The minimum Gasteiger partial charge on any atom is -0.353 e. The number of hydrogen-bond acceptors (Lipinski definition) is 6. The van der Waals surface area contributed by atoms with Crippen molar-refractivity contribution >= 4 is 11.0 Å². The maximum Gasteiger partial charge on any atom is 0.317 e. The van der Waals surface area contributed by atoms with E-state index in [2.05, 4.69) is 13.8 Å². The first-order valence-electron chi connectivity index (χ1n) is 10.4. The fourth-order valence-electron chi connectivity index (χ4n) is 5.10. The highest BCUT2D eigenvalue weighted by atomic mass is 16.8. The van der Waals surface area contributed by atoms with Gasteiger partial charge in [0.2, 0.25) is 0 Å². The number of ether oxygens (including phenoxy) is 4. The second-order valence-electron chi connectivity index (χ2n) is 9.52. The highest BCUT2D eigenvalue weighted by Gasteiger charge is 2.55. The second kappa shape index (κ2) is 6.50. The molecule has 8 nitrogen and oxygen atoms in total. The van der Waals surface area contributed by atoms with E-state index in [0.29, 0.717) is 6.54 Å². The van der Waals surface area contributed by atoms with Crippen LogP contribution in [0.25, 0.3) is 11.0 Å². The topological polar surface area (TPSA) is 80.9 Å². The molecule has 1 aromatic heterocycles. The van der Waals surface area contributed by atoms with Crippen molar-refractivity contribution in [3.63, 3.8) is 0 Å². The van der Waals surface area contributed by atoms with E-state index < -0.39 is 29.3 Å². The van der Waals surface area contributed by atoms with Gasteiger partial charge in [-0.05, 0) is 37.3 Å². The van der Waals surface area contributed by atoms with E-state index in [4.69, 9.17) is 18.9 Å². The summed E-state index contributed by atoms with van der Waals surface area (Å²) in [6.07, 6.45) is -1.02. The zero-order valence-corrected chi connectivity index (χ0v) is 18.0. The fraction of sp³-hybridized carbons (Fsp3) is 0.636. The summed E-state index contributed by atoms with van der Waals surface area (Å²) in [7, 11) is 1.56. The van der Waals surface area contributed by atoms with Crippen molar-refractivity contribution in [1.82, 2.24) is 9.13 Å². The van der Waals surface area contributed by atoms with E-state index in [9.17, 15) is 9.59 Å². The van der Waals surface area contributed by atoms with Crippen molar-refractivity contribution in [2.45, 2.75) is 83.0 Å². The summed E-state index contributed by atoms with van der Waals surface area (Å²) >= 11 is 0. The predicted octanol–water partition coefficient (Wildman–Crippen LogP) is 1.74. The molecule has 0 saturated carbocycles. The van der Waals surface area contributed by atoms with E-state index >= 15 is 0 Å². The van der Waals surface area contributed by atoms with Crippen LogP contribution in [-0.2, 0) is 37.5 Å². The lowest BCUT2D eigenvalue weighted by Gasteiger charge is -2.33. The molecule has 8 heteroatoms. The Morgan fingerprint density at radius 3 is 2.57 bits per heavy atom. The maximum atomic E-state index is 13.1. The summed E-state index contributed by atoms with van der Waals surface area (Å²) in [6.45, 7) is 8.76. The van der Waals surface area contributed by atoms with Crippen molar-refractivity contribution in [1.29, 1.82) is 0 Å². The number of nitrogens with zero attached hydrogens (tertiary/aromatic N) is 2. The zero-order chi connectivity index (χ0) is 21.4. The van der Waals surface area contributed by atoms with Gasteiger partial charge in [-0.25, -0.2) is 0 Å². The Morgan fingerprint density at radius 2 is 1.83 bits per heavy atom. The lowest BCUT2D eigenvalue weighted by atomic mass is 9.78. The second-order valence-corrected chi connectivity index (χ2v) is 9.52. The fourth-order valence-corrected chi connectivity index (χ4v) is 5.10. The number of para-hydroxylation sites is 1. The average molecular weight is 416 g/mol. The maximum absolute atomic E-state index is 13.1. The number of aryl methyl sites for hydroxylation is 1. The van der Waals surface area contributed by atoms with Crippen LogP contribution in [0.5, 0.6) is 0 Å². The van der Waals surface area contributed by atoms with E-state index in [1.54, 1.807) is 11.7 Å². The quantitative estimate of drug-likeness (QED) is 0.709. The lowest BCUT2D eigenvalue weighted by Crippen LogP contribution is -2.46. The smallest absolute Gasteiger partial charge is 0.317 e. The lowest BCUT2D eigenvalue weighted by molar-refractivity contribution is -0.228. The molecule has 4 atom stereocenters. The largest absolute Gasteiger partial charge is 0.353 e. The van der Waals surface area contributed by atoms with Crippen LogP contribution < -0.4 is 11.1 Å². The van der Waals surface area contributed by atoms with Crippen LogP contribution >= 0.6 is 0 Å². The minimum absolute atomic E-state index is 0.0727. The SMILES string of the molecule is COC1O[C@H](Cn2c(=O)c(=O)n3c4c(cccc42)C(C)(C)CC3)[C@H]2OC(C)(C)O[C@@H]12. The highest BCUT2D eigenvalue weighted by molar-refractivity contribution is 5.81. The molecule has 1 unspecified atom stereocenters. The standard InChI is InChI=1S/C22H28N2O6/c1-21(2)9-10-23-15-12(21)7-6-8-13(15)24(19(26)18(23)25)11-14-16-17(20(27-5)28-14)30-22(3,4)29-16/h6-8,14,16-17,20H,9-11H2,1-5H3/t14-,16-,17-,20?/m1/s1. The molecule has 0 bridgehead atoms. The van der Waals surface area contributed by atoms with Gasteiger partial charge < -0.3 is 23.5 Å². The van der Waals surface area contributed by atoms with Crippen LogP contribution in [-0.4, -0.2) is 46.6 Å². The van der Waals surface area contributed by atoms with Gasteiger partial charge in [0.05, 0.1) is 17.6 Å². The third kappa shape index (κ3) is 2.81. The molecule has 0 radical (unpaired) electrons. The molecule has 3 aliphatic heterocycles. The van der Waals surface area contributed by atoms with E-state index in [-0.39, 0.29) is 24.2 Å². The van der Waals surface area contributed by atoms with Gasteiger partial charge in [-0.1, -0.05) is 26.0 Å². The summed E-state index contributed by atoms with van der Waals surface area (Å²) < 4.78 is 26.6.